The molecule has 0 aliphatic carbocycles. The first kappa shape index (κ1) is 19.5. The van der Waals surface area contributed by atoms with Crippen LogP contribution in [-0.2, 0) is 4.79 Å². The van der Waals surface area contributed by atoms with Gasteiger partial charge in [0.15, 0.2) is 0 Å². The number of nitrogens with zero attached hydrogens (tertiary/aromatic N) is 3. The highest BCUT2D eigenvalue weighted by Gasteiger charge is 2.12. The van der Waals surface area contributed by atoms with Gasteiger partial charge < -0.3 is 5.32 Å². The topological polar surface area (TPSA) is 67.8 Å². The van der Waals surface area contributed by atoms with E-state index in [2.05, 4.69) is 39.6 Å². The number of carbonyl (C=O) groups is 1. The maximum atomic E-state index is 12.3. The SMILES string of the molecule is Cc1cc(C)c(NC(=O)CSc2ccc(-c3sc(C)nc3C)nn2)c(C)c1. The van der Waals surface area contributed by atoms with Crippen LogP contribution in [0, 0.1) is 34.6 Å². The highest BCUT2D eigenvalue weighted by atomic mass is 32.2. The lowest BCUT2D eigenvalue weighted by Gasteiger charge is -2.12. The van der Waals surface area contributed by atoms with Gasteiger partial charge in [-0.2, -0.15) is 0 Å². The molecule has 0 atom stereocenters. The third-order valence-corrected chi connectivity index (χ3v) is 6.08. The summed E-state index contributed by atoms with van der Waals surface area (Å²) in [4.78, 5) is 17.8. The van der Waals surface area contributed by atoms with Gasteiger partial charge in [0.2, 0.25) is 5.91 Å². The zero-order valence-corrected chi connectivity index (χ0v) is 17.7. The fourth-order valence-corrected chi connectivity index (χ4v) is 4.48. The molecular formula is C20H22N4OS2. The average molecular weight is 399 g/mol. The Morgan fingerprint density at radius 1 is 1.07 bits per heavy atom. The second-order valence-electron chi connectivity index (χ2n) is 6.51. The molecule has 0 spiro atoms. The first-order valence-corrected chi connectivity index (χ1v) is 10.4. The van der Waals surface area contributed by atoms with Crippen molar-refractivity contribution in [2.45, 2.75) is 39.6 Å². The number of aryl methyl sites for hydroxylation is 5. The largest absolute Gasteiger partial charge is 0.325 e. The Bertz CT molecular complexity index is 957. The Balaban J connectivity index is 1.62. The highest BCUT2D eigenvalue weighted by Crippen LogP contribution is 2.28. The lowest BCUT2D eigenvalue weighted by atomic mass is 10.1. The van der Waals surface area contributed by atoms with Crippen LogP contribution in [0.1, 0.15) is 27.4 Å². The van der Waals surface area contributed by atoms with Crippen molar-refractivity contribution in [3.05, 3.63) is 51.7 Å². The molecule has 0 aliphatic heterocycles. The van der Waals surface area contributed by atoms with E-state index in [-0.39, 0.29) is 5.91 Å². The van der Waals surface area contributed by atoms with Crippen LogP contribution in [0.15, 0.2) is 29.3 Å². The van der Waals surface area contributed by atoms with Crippen LogP contribution in [0.25, 0.3) is 10.6 Å². The Hall–Kier alpha value is -2.25. The van der Waals surface area contributed by atoms with Crippen molar-refractivity contribution < 1.29 is 4.79 Å². The van der Waals surface area contributed by atoms with Crippen molar-refractivity contribution in [1.82, 2.24) is 15.2 Å². The Labute approximate surface area is 167 Å². The monoisotopic (exact) mass is 398 g/mol. The summed E-state index contributed by atoms with van der Waals surface area (Å²) in [5, 5.41) is 13.3. The second kappa shape index (κ2) is 8.19. The minimum absolute atomic E-state index is 0.0464. The third kappa shape index (κ3) is 4.73. The number of carbonyl (C=O) groups excluding carboxylic acids is 1. The molecule has 0 radical (unpaired) electrons. The fourth-order valence-electron chi connectivity index (χ4n) is 2.98. The van der Waals surface area contributed by atoms with E-state index >= 15 is 0 Å². The summed E-state index contributed by atoms with van der Waals surface area (Å²) in [6.07, 6.45) is 0. The van der Waals surface area contributed by atoms with Crippen molar-refractivity contribution in [2.75, 3.05) is 11.1 Å². The van der Waals surface area contributed by atoms with Crippen molar-refractivity contribution >= 4 is 34.7 Å². The minimum atomic E-state index is -0.0464. The molecule has 0 saturated carbocycles. The molecule has 0 saturated heterocycles. The number of benzene rings is 1. The molecule has 2 aromatic heterocycles. The van der Waals surface area contributed by atoms with Gasteiger partial charge in [0, 0.05) is 5.69 Å². The van der Waals surface area contributed by atoms with Crippen molar-refractivity contribution in [1.29, 1.82) is 0 Å². The van der Waals surface area contributed by atoms with Crippen molar-refractivity contribution in [2.24, 2.45) is 0 Å². The van der Waals surface area contributed by atoms with Crippen molar-refractivity contribution in [3.63, 3.8) is 0 Å². The van der Waals surface area contributed by atoms with Gasteiger partial charge in [-0.25, -0.2) is 4.98 Å². The van der Waals surface area contributed by atoms with Gasteiger partial charge in [-0.3, -0.25) is 4.79 Å². The zero-order chi connectivity index (χ0) is 19.6. The summed E-state index contributed by atoms with van der Waals surface area (Å²) >= 11 is 2.99. The number of hydrogen-bond donors (Lipinski definition) is 1. The molecule has 7 heteroatoms. The lowest BCUT2D eigenvalue weighted by molar-refractivity contribution is -0.113. The fraction of sp³-hybridized carbons (Fsp3) is 0.300. The molecule has 0 bridgehead atoms. The van der Waals surface area contributed by atoms with Crippen LogP contribution in [-0.4, -0.2) is 26.8 Å². The number of nitrogens with one attached hydrogen (secondary N) is 1. The van der Waals surface area contributed by atoms with E-state index in [0.717, 1.165) is 43.1 Å². The molecule has 1 amide bonds. The lowest BCUT2D eigenvalue weighted by Crippen LogP contribution is -2.16. The van der Waals surface area contributed by atoms with Gasteiger partial charge in [-0.1, -0.05) is 29.5 Å². The van der Waals surface area contributed by atoms with Gasteiger partial charge in [0.05, 0.1) is 21.3 Å². The molecule has 0 unspecified atom stereocenters. The maximum absolute atomic E-state index is 12.3. The molecule has 140 valence electrons. The van der Waals surface area contributed by atoms with Gasteiger partial charge in [0.25, 0.3) is 0 Å². The summed E-state index contributed by atoms with van der Waals surface area (Å²) < 4.78 is 0. The molecule has 1 aromatic carbocycles. The number of rotatable bonds is 5. The molecule has 1 N–H and O–H groups in total. The molecule has 3 rings (SSSR count). The van der Waals surface area contributed by atoms with Gasteiger partial charge >= 0.3 is 0 Å². The van der Waals surface area contributed by atoms with E-state index in [4.69, 9.17) is 0 Å². The predicted molar refractivity (Wildman–Crippen MR) is 113 cm³/mol. The molecule has 27 heavy (non-hydrogen) atoms. The first-order valence-electron chi connectivity index (χ1n) is 8.62. The smallest absolute Gasteiger partial charge is 0.234 e. The average Bonchev–Trinajstić information content (AvgIpc) is 2.95. The predicted octanol–water partition coefficient (Wildman–Crippen LogP) is 4.87. The zero-order valence-electron chi connectivity index (χ0n) is 16.1. The van der Waals surface area contributed by atoms with Crippen LogP contribution in [0.3, 0.4) is 0 Å². The molecule has 0 aliphatic rings. The van der Waals surface area contributed by atoms with E-state index in [9.17, 15) is 4.79 Å². The van der Waals surface area contributed by atoms with E-state index in [1.807, 2.05) is 39.8 Å². The molecule has 2 heterocycles. The Kier molecular flexibility index (Phi) is 5.92. The highest BCUT2D eigenvalue weighted by molar-refractivity contribution is 7.99. The quantitative estimate of drug-likeness (QED) is 0.621. The maximum Gasteiger partial charge on any atom is 0.234 e. The normalized spacial score (nSPS) is 10.9. The number of thioether (sulfide) groups is 1. The van der Waals surface area contributed by atoms with Crippen LogP contribution in [0.4, 0.5) is 5.69 Å². The van der Waals surface area contributed by atoms with Crippen LogP contribution in [0.2, 0.25) is 0 Å². The Morgan fingerprint density at radius 3 is 2.33 bits per heavy atom. The molecular weight excluding hydrogens is 376 g/mol. The number of hydrogen-bond acceptors (Lipinski definition) is 6. The standard InChI is InChI=1S/C20H22N4OS2/c1-11-8-12(2)19(13(3)9-11)22-17(25)10-26-18-7-6-16(23-24-18)20-14(4)21-15(5)27-20/h6-9H,10H2,1-5H3,(H,22,25). The van der Waals surface area contributed by atoms with Crippen molar-refractivity contribution in [3.8, 4) is 10.6 Å². The Morgan fingerprint density at radius 2 is 1.78 bits per heavy atom. The summed E-state index contributed by atoms with van der Waals surface area (Å²) in [7, 11) is 0. The van der Waals surface area contributed by atoms with Crippen LogP contribution >= 0.6 is 23.1 Å². The van der Waals surface area contributed by atoms with Gasteiger partial charge in [-0.05, 0) is 57.9 Å². The van der Waals surface area contributed by atoms with E-state index in [0.29, 0.717) is 5.75 Å². The summed E-state index contributed by atoms with van der Waals surface area (Å²) in [6, 6.07) is 7.98. The van der Waals surface area contributed by atoms with Crippen LogP contribution in [0.5, 0.6) is 0 Å². The van der Waals surface area contributed by atoms with E-state index in [1.54, 1.807) is 11.3 Å². The number of thiazole rings is 1. The second-order valence-corrected chi connectivity index (χ2v) is 8.71. The molecule has 5 nitrogen and oxygen atoms in total. The third-order valence-electron chi connectivity index (χ3n) is 4.07. The summed E-state index contributed by atoms with van der Waals surface area (Å²) in [5.41, 5.74) is 6.02. The number of amides is 1. The summed E-state index contributed by atoms with van der Waals surface area (Å²) in [6.45, 7) is 10.0. The van der Waals surface area contributed by atoms with E-state index < -0.39 is 0 Å². The summed E-state index contributed by atoms with van der Waals surface area (Å²) in [5.74, 6) is 0.245. The van der Waals surface area contributed by atoms with E-state index in [1.165, 1.54) is 17.3 Å². The van der Waals surface area contributed by atoms with Crippen LogP contribution < -0.4 is 5.32 Å². The minimum Gasteiger partial charge on any atom is -0.325 e. The molecule has 3 aromatic rings. The first-order chi connectivity index (χ1) is 12.8. The molecule has 0 fully saturated rings. The van der Waals surface area contributed by atoms with Gasteiger partial charge in [0.1, 0.15) is 10.7 Å². The van der Waals surface area contributed by atoms with Gasteiger partial charge in [-0.15, -0.1) is 21.5 Å². The number of anilines is 1. The number of aromatic nitrogens is 3.